The van der Waals surface area contributed by atoms with E-state index in [0.717, 1.165) is 25.4 Å². The molecule has 2 aromatic carbocycles. The Morgan fingerprint density at radius 3 is 2.74 bits per heavy atom. The van der Waals surface area contributed by atoms with Crippen molar-refractivity contribution >= 4 is 58.7 Å². The summed E-state index contributed by atoms with van der Waals surface area (Å²) in [5.74, 6) is 6.66. The van der Waals surface area contributed by atoms with Gasteiger partial charge >= 0.3 is 234 Å². The number of anilines is 1. The van der Waals surface area contributed by atoms with Crippen LogP contribution in [0.25, 0.3) is 10.9 Å². The Bertz CT molecular complexity index is 1550. The Balaban J connectivity index is 1.64. The number of carbonyl (C=O) groups excluding carboxylic acids is 1. The van der Waals surface area contributed by atoms with Crippen LogP contribution in [0.3, 0.4) is 0 Å². The molecule has 0 saturated heterocycles. The molecule has 0 aliphatic rings. The number of fused-ring (bicyclic) bond motifs is 1. The van der Waals surface area contributed by atoms with Gasteiger partial charge in [0, 0.05) is 0 Å². The van der Waals surface area contributed by atoms with Crippen molar-refractivity contribution in [3.63, 3.8) is 0 Å². The Labute approximate surface area is 233 Å². The molecule has 0 aliphatic carbocycles. The first-order valence-electron chi connectivity index (χ1n) is 11.8. The zero-order chi connectivity index (χ0) is 27.1. The fourth-order valence-electron chi connectivity index (χ4n) is 3.29. The van der Waals surface area contributed by atoms with Gasteiger partial charge in [-0.3, -0.25) is 0 Å². The fourth-order valence-corrected chi connectivity index (χ4v) is 5.78. The number of carbonyl (C=O) groups is 1. The predicted octanol–water partition coefficient (Wildman–Crippen LogP) is 3.39. The Morgan fingerprint density at radius 2 is 2.03 bits per heavy atom. The van der Waals surface area contributed by atoms with Gasteiger partial charge in [0.15, 0.2) is 0 Å². The van der Waals surface area contributed by atoms with Crippen molar-refractivity contribution in [2.24, 2.45) is 0 Å². The molecule has 2 heterocycles. The molecule has 0 atom stereocenters. The number of ether oxygens (including phenoxy) is 1. The topological polar surface area (TPSA) is 89.0 Å². The second-order valence-electron chi connectivity index (χ2n) is 8.77. The minimum absolute atomic E-state index is 0.319. The maximum absolute atomic E-state index is 12.2. The fraction of sp³-hybridized carbons (Fsp3) is 0.172. The molecule has 0 fully saturated rings. The van der Waals surface area contributed by atoms with Gasteiger partial charge in [-0.1, -0.05) is 0 Å². The van der Waals surface area contributed by atoms with E-state index in [0.29, 0.717) is 28.6 Å². The summed E-state index contributed by atoms with van der Waals surface area (Å²) in [6.45, 7) is 7.85. The first-order chi connectivity index (χ1) is 18.3. The van der Waals surface area contributed by atoms with E-state index in [4.69, 9.17) is 16.3 Å². The maximum atomic E-state index is 12.2. The van der Waals surface area contributed by atoms with Crippen LogP contribution in [0.15, 0.2) is 73.7 Å². The molecule has 2 N–H and O–H groups in total. The average Bonchev–Trinajstić information content (AvgIpc) is 2.92. The zero-order valence-electron chi connectivity index (χ0n) is 21.2. The van der Waals surface area contributed by atoms with E-state index in [9.17, 15) is 4.79 Å². The van der Waals surface area contributed by atoms with Gasteiger partial charge in [-0.2, -0.15) is 0 Å². The molecule has 191 valence electrons. The van der Waals surface area contributed by atoms with Crippen molar-refractivity contribution in [2.45, 2.75) is 26.0 Å². The molecule has 0 spiro atoms. The number of halogens is 1. The summed E-state index contributed by atoms with van der Waals surface area (Å²) in [6, 6.07) is 15.2. The average molecular weight is 587 g/mol. The van der Waals surface area contributed by atoms with Crippen molar-refractivity contribution in [3.05, 3.63) is 90.0 Å². The van der Waals surface area contributed by atoms with Crippen molar-refractivity contribution in [3.8, 4) is 17.6 Å². The SMILES string of the molecule is C=CC(=O)Nc1cc2c([As]c3ccc(OCc4ccccn4)c(Cl)c3)ncnc2cc1C#CC(C)(C)NC. The third kappa shape index (κ3) is 6.99. The molecular weight excluding hydrogens is 561 g/mol. The van der Waals surface area contributed by atoms with E-state index in [1.165, 1.54) is 6.08 Å². The van der Waals surface area contributed by atoms with Gasteiger partial charge in [-0.25, -0.2) is 0 Å². The molecule has 38 heavy (non-hydrogen) atoms. The number of rotatable bonds is 8. The van der Waals surface area contributed by atoms with Crippen LogP contribution in [-0.4, -0.2) is 49.2 Å². The van der Waals surface area contributed by atoms with Crippen molar-refractivity contribution in [1.82, 2.24) is 20.3 Å². The van der Waals surface area contributed by atoms with Crippen LogP contribution < -0.4 is 24.2 Å². The Morgan fingerprint density at radius 1 is 1.18 bits per heavy atom. The second-order valence-corrected chi connectivity index (χ2v) is 11.6. The summed E-state index contributed by atoms with van der Waals surface area (Å²) in [5, 5.41) is 7.40. The van der Waals surface area contributed by atoms with Crippen molar-refractivity contribution in [1.29, 1.82) is 0 Å². The van der Waals surface area contributed by atoms with E-state index in [-0.39, 0.29) is 5.91 Å². The van der Waals surface area contributed by atoms with E-state index < -0.39 is 21.3 Å². The predicted molar refractivity (Wildman–Crippen MR) is 153 cm³/mol. The molecule has 0 aliphatic heterocycles. The molecule has 7 nitrogen and oxygen atoms in total. The molecule has 2 aromatic heterocycles. The van der Waals surface area contributed by atoms with Crippen LogP contribution in [0, 0.1) is 11.8 Å². The molecule has 1 amide bonds. The summed E-state index contributed by atoms with van der Waals surface area (Å²) >= 11 is 6.01. The number of nitrogens with one attached hydrogen (secondary N) is 2. The minimum atomic E-state index is -0.537. The van der Waals surface area contributed by atoms with Gasteiger partial charge in [0.05, 0.1) is 0 Å². The number of pyridine rings is 1. The van der Waals surface area contributed by atoms with Gasteiger partial charge in [0.1, 0.15) is 0 Å². The number of aromatic nitrogens is 3. The van der Waals surface area contributed by atoms with Crippen LogP contribution in [0.4, 0.5) is 5.69 Å². The third-order valence-electron chi connectivity index (χ3n) is 5.58. The van der Waals surface area contributed by atoms with Crippen LogP contribution in [-0.2, 0) is 11.4 Å². The molecule has 0 saturated carbocycles. The van der Waals surface area contributed by atoms with E-state index in [1.54, 1.807) is 12.5 Å². The molecule has 0 bridgehead atoms. The van der Waals surface area contributed by atoms with Crippen LogP contribution in [0.2, 0.25) is 5.02 Å². The zero-order valence-corrected chi connectivity index (χ0v) is 23.9. The standard InChI is InChI=1S/C29H26AsClN5O2/c1-5-27(37)36-24-16-22-25(14-19(24)11-12-29(2,3)32-4)34-18-35-28(22)30-20-9-10-26(23(31)15-20)38-17-21-8-6-7-13-33-21/h5-10,13-16,18,32H,1,17H2,2-4H3,(H,36,37). The third-order valence-corrected chi connectivity index (χ3v) is 8.20. The molecule has 0 unspecified atom stereocenters. The van der Waals surface area contributed by atoms with Crippen LogP contribution in [0.1, 0.15) is 25.1 Å². The van der Waals surface area contributed by atoms with Gasteiger partial charge < -0.3 is 0 Å². The Kier molecular flexibility index (Phi) is 8.80. The number of hydrogen-bond acceptors (Lipinski definition) is 6. The van der Waals surface area contributed by atoms with Crippen LogP contribution in [0.5, 0.6) is 5.75 Å². The quantitative estimate of drug-likeness (QED) is 0.187. The first-order valence-corrected chi connectivity index (χ1v) is 14.0. The normalized spacial score (nSPS) is 11.3. The summed E-state index contributed by atoms with van der Waals surface area (Å²) in [6.07, 6.45) is 4.51. The molecule has 4 rings (SSSR count). The number of benzene rings is 2. The molecule has 1 radical (unpaired) electrons. The molecule has 4 aromatic rings. The van der Waals surface area contributed by atoms with Crippen molar-refractivity contribution in [2.75, 3.05) is 12.4 Å². The van der Waals surface area contributed by atoms with Crippen LogP contribution >= 0.6 is 11.6 Å². The summed E-state index contributed by atoms with van der Waals surface area (Å²) in [5.41, 5.74) is 2.41. The second kappa shape index (κ2) is 12.2. The molecular formula is C29H26AsClN5O2. The molecule has 9 heteroatoms. The first kappa shape index (κ1) is 27.3. The monoisotopic (exact) mass is 586 g/mol. The van der Waals surface area contributed by atoms with E-state index in [2.05, 4.69) is 44.0 Å². The number of amides is 1. The number of nitrogens with zero attached hydrogens (tertiary/aromatic N) is 3. The number of hydrogen-bond donors (Lipinski definition) is 2. The van der Waals surface area contributed by atoms with Gasteiger partial charge in [0.25, 0.3) is 0 Å². The Hall–Kier alpha value is -3.69. The van der Waals surface area contributed by atoms with E-state index >= 15 is 0 Å². The summed E-state index contributed by atoms with van der Waals surface area (Å²) in [4.78, 5) is 25.5. The van der Waals surface area contributed by atoms with E-state index in [1.807, 2.05) is 69.4 Å². The van der Waals surface area contributed by atoms with Gasteiger partial charge in [-0.15, -0.1) is 0 Å². The summed E-state index contributed by atoms with van der Waals surface area (Å²) < 4.78 is 7.79. The van der Waals surface area contributed by atoms with Gasteiger partial charge in [-0.05, 0) is 0 Å². The van der Waals surface area contributed by atoms with Crippen molar-refractivity contribution < 1.29 is 9.53 Å². The summed E-state index contributed by atoms with van der Waals surface area (Å²) in [7, 11) is 1.85. The van der Waals surface area contributed by atoms with Gasteiger partial charge in [0.2, 0.25) is 0 Å².